The normalized spacial score (nSPS) is 12.2. The van der Waals surface area contributed by atoms with Gasteiger partial charge < -0.3 is 10.4 Å². The molecule has 1 heterocycles. The topological polar surface area (TPSA) is 67.2 Å². The van der Waals surface area contributed by atoms with Crippen LogP contribution in [0.4, 0.5) is 4.39 Å². The first kappa shape index (κ1) is 19.0. The summed E-state index contributed by atoms with van der Waals surface area (Å²) in [6.07, 6.45) is 4.06. The van der Waals surface area contributed by atoms with E-state index in [4.69, 9.17) is 0 Å². The van der Waals surface area contributed by atoms with Crippen LogP contribution in [0.2, 0.25) is 0 Å². The number of amides is 1. The number of aromatic nitrogens is 2. The summed E-state index contributed by atoms with van der Waals surface area (Å²) in [4.78, 5) is 12.4. The standard InChI is InChI=1S/C16H19BrFN3O2S/c1-10-13(16(23)20-12(9-22)5-6-24-2)8-19-21(10)15-4-3-11(17)7-14(15)18/h3-4,7-8,12,22H,5-6,9H2,1-2H3,(H,20,23)/t12-/m0/s1. The molecule has 2 N–H and O–H groups in total. The van der Waals surface area contributed by atoms with Gasteiger partial charge in [-0.05, 0) is 43.6 Å². The van der Waals surface area contributed by atoms with Crippen molar-refractivity contribution in [2.45, 2.75) is 19.4 Å². The van der Waals surface area contributed by atoms with E-state index in [1.54, 1.807) is 30.8 Å². The zero-order chi connectivity index (χ0) is 17.7. The molecule has 0 aliphatic carbocycles. The highest BCUT2D eigenvalue weighted by molar-refractivity contribution is 9.10. The first-order valence-electron chi connectivity index (χ1n) is 7.38. The second-order valence-corrected chi connectivity index (χ2v) is 7.19. The number of thioether (sulfide) groups is 1. The number of rotatable bonds is 7. The lowest BCUT2D eigenvalue weighted by Gasteiger charge is -2.15. The quantitative estimate of drug-likeness (QED) is 0.729. The number of aliphatic hydroxyl groups excluding tert-OH is 1. The first-order chi connectivity index (χ1) is 11.5. The van der Waals surface area contributed by atoms with E-state index in [9.17, 15) is 14.3 Å². The molecule has 0 saturated carbocycles. The summed E-state index contributed by atoms with van der Waals surface area (Å²) in [7, 11) is 0. The minimum absolute atomic E-state index is 0.124. The molecule has 130 valence electrons. The maximum atomic E-state index is 14.1. The maximum absolute atomic E-state index is 14.1. The molecule has 1 aromatic heterocycles. The van der Waals surface area contributed by atoms with Gasteiger partial charge in [0, 0.05) is 4.47 Å². The van der Waals surface area contributed by atoms with Gasteiger partial charge in [-0.25, -0.2) is 9.07 Å². The molecule has 0 aliphatic rings. The lowest BCUT2D eigenvalue weighted by Crippen LogP contribution is -2.38. The van der Waals surface area contributed by atoms with Crippen LogP contribution < -0.4 is 5.32 Å². The van der Waals surface area contributed by atoms with Gasteiger partial charge in [0.25, 0.3) is 5.91 Å². The zero-order valence-electron chi connectivity index (χ0n) is 13.4. The Morgan fingerprint density at radius 2 is 2.29 bits per heavy atom. The molecule has 1 amide bonds. The van der Waals surface area contributed by atoms with Crippen molar-refractivity contribution in [2.75, 3.05) is 18.6 Å². The number of halogens is 2. The molecule has 0 aliphatic heterocycles. The van der Waals surface area contributed by atoms with E-state index in [-0.39, 0.29) is 24.2 Å². The summed E-state index contributed by atoms with van der Waals surface area (Å²) in [5, 5.41) is 16.3. The van der Waals surface area contributed by atoms with Gasteiger partial charge in [-0.3, -0.25) is 4.79 Å². The molecule has 1 aromatic carbocycles. The van der Waals surface area contributed by atoms with Crippen molar-refractivity contribution < 1.29 is 14.3 Å². The highest BCUT2D eigenvalue weighted by Crippen LogP contribution is 2.21. The predicted molar refractivity (Wildman–Crippen MR) is 97.3 cm³/mol. The Morgan fingerprint density at radius 1 is 1.54 bits per heavy atom. The number of aliphatic hydroxyl groups is 1. The summed E-state index contributed by atoms with van der Waals surface area (Å²) in [6, 6.07) is 4.34. The second kappa shape index (κ2) is 8.64. The van der Waals surface area contributed by atoms with Crippen molar-refractivity contribution in [3.8, 4) is 5.69 Å². The summed E-state index contributed by atoms with van der Waals surface area (Å²) < 4.78 is 16.1. The Balaban J connectivity index is 2.21. The number of nitrogens with zero attached hydrogens (tertiary/aromatic N) is 2. The van der Waals surface area contributed by atoms with Crippen LogP contribution in [0, 0.1) is 12.7 Å². The van der Waals surface area contributed by atoms with Gasteiger partial charge in [-0.15, -0.1) is 0 Å². The molecule has 1 atom stereocenters. The lowest BCUT2D eigenvalue weighted by molar-refractivity contribution is 0.0914. The minimum Gasteiger partial charge on any atom is -0.394 e. The molecule has 2 aromatic rings. The molecule has 0 radical (unpaired) electrons. The predicted octanol–water partition coefficient (Wildman–Crippen LogP) is 2.93. The van der Waals surface area contributed by atoms with Gasteiger partial charge in [0.1, 0.15) is 11.5 Å². The van der Waals surface area contributed by atoms with Crippen molar-refractivity contribution in [3.05, 3.63) is 45.9 Å². The monoisotopic (exact) mass is 415 g/mol. The Labute approximate surface area is 152 Å². The van der Waals surface area contributed by atoms with Crippen LogP contribution in [0.5, 0.6) is 0 Å². The molecule has 0 fully saturated rings. The van der Waals surface area contributed by atoms with E-state index < -0.39 is 5.82 Å². The smallest absolute Gasteiger partial charge is 0.255 e. The first-order valence-corrected chi connectivity index (χ1v) is 9.57. The van der Waals surface area contributed by atoms with Gasteiger partial charge in [0.15, 0.2) is 0 Å². The van der Waals surface area contributed by atoms with E-state index in [1.165, 1.54) is 16.9 Å². The van der Waals surface area contributed by atoms with Crippen molar-refractivity contribution in [2.24, 2.45) is 0 Å². The van der Waals surface area contributed by atoms with Crippen LogP contribution in [0.25, 0.3) is 5.69 Å². The van der Waals surface area contributed by atoms with Crippen LogP contribution >= 0.6 is 27.7 Å². The van der Waals surface area contributed by atoms with Gasteiger partial charge in [0.2, 0.25) is 0 Å². The van der Waals surface area contributed by atoms with Crippen LogP contribution in [0.3, 0.4) is 0 Å². The third-order valence-electron chi connectivity index (χ3n) is 3.62. The number of carbonyl (C=O) groups excluding carboxylic acids is 1. The molecule has 2 rings (SSSR count). The summed E-state index contributed by atoms with van der Waals surface area (Å²) in [5.74, 6) is 0.0839. The number of carbonyl (C=O) groups is 1. The fourth-order valence-corrected chi connectivity index (χ4v) is 3.11. The molecule has 0 spiro atoms. The van der Waals surface area contributed by atoms with E-state index in [2.05, 4.69) is 26.3 Å². The van der Waals surface area contributed by atoms with Crippen molar-refractivity contribution in [3.63, 3.8) is 0 Å². The highest BCUT2D eigenvalue weighted by Gasteiger charge is 2.19. The van der Waals surface area contributed by atoms with Crippen molar-refractivity contribution in [1.29, 1.82) is 0 Å². The van der Waals surface area contributed by atoms with E-state index >= 15 is 0 Å². The second-order valence-electron chi connectivity index (χ2n) is 5.29. The van der Waals surface area contributed by atoms with E-state index in [0.717, 1.165) is 5.75 Å². The molecule has 0 unspecified atom stereocenters. The molecule has 0 saturated heterocycles. The van der Waals surface area contributed by atoms with Crippen LogP contribution in [-0.4, -0.2) is 45.5 Å². The number of benzene rings is 1. The third-order valence-corrected chi connectivity index (χ3v) is 4.76. The molecular formula is C16H19BrFN3O2S. The van der Waals surface area contributed by atoms with E-state index in [1.807, 2.05) is 6.26 Å². The Bertz CT molecular complexity index is 723. The Hall–Kier alpha value is -1.38. The highest BCUT2D eigenvalue weighted by atomic mass is 79.9. The lowest BCUT2D eigenvalue weighted by atomic mass is 10.2. The van der Waals surface area contributed by atoms with E-state index in [0.29, 0.717) is 22.2 Å². The molecular weight excluding hydrogens is 397 g/mol. The minimum atomic E-state index is -0.435. The third kappa shape index (κ3) is 4.37. The Kier molecular flexibility index (Phi) is 6.82. The number of nitrogens with one attached hydrogen (secondary N) is 1. The largest absolute Gasteiger partial charge is 0.394 e. The average molecular weight is 416 g/mol. The van der Waals surface area contributed by atoms with Gasteiger partial charge in [-0.2, -0.15) is 16.9 Å². The van der Waals surface area contributed by atoms with Gasteiger partial charge in [0.05, 0.1) is 30.1 Å². The van der Waals surface area contributed by atoms with Crippen molar-refractivity contribution >= 4 is 33.6 Å². The maximum Gasteiger partial charge on any atom is 0.255 e. The molecule has 24 heavy (non-hydrogen) atoms. The van der Waals surface area contributed by atoms with Gasteiger partial charge >= 0.3 is 0 Å². The SMILES string of the molecule is CSCC[C@@H](CO)NC(=O)c1cnn(-c2ccc(Br)cc2F)c1C. The fourth-order valence-electron chi connectivity index (χ4n) is 2.26. The summed E-state index contributed by atoms with van der Waals surface area (Å²) >= 11 is 4.86. The van der Waals surface area contributed by atoms with Gasteiger partial charge in [-0.1, -0.05) is 15.9 Å². The molecule has 5 nitrogen and oxygen atoms in total. The summed E-state index contributed by atoms with van der Waals surface area (Å²) in [6.45, 7) is 1.58. The number of hydrogen-bond acceptors (Lipinski definition) is 4. The molecule has 8 heteroatoms. The number of hydrogen-bond donors (Lipinski definition) is 2. The molecule has 0 bridgehead atoms. The van der Waals surface area contributed by atoms with Crippen LogP contribution in [0.1, 0.15) is 22.5 Å². The Morgan fingerprint density at radius 3 is 2.92 bits per heavy atom. The van der Waals surface area contributed by atoms with Crippen LogP contribution in [0.15, 0.2) is 28.9 Å². The zero-order valence-corrected chi connectivity index (χ0v) is 15.8. The van der Waals surface area contributed by atoms with Crippen molar-refractivity contribution in [1.82, 2.24) is 15.1 Å². The fraction of sp³-hybridized carbons (Fsp3) is 0.375. The summed E-state index contributed by atoms with van der Waals surface area (Å²) in [5.41, 5.74) is 1.17. The average Bonchev–Trinajstić information content (AvgIpc) is 2.93. The van der Waals surface area contributed by atoms with Crippen LogP contribution in [-0.2, 0) is 0 Å².